The Hall–Kier alpha value is -0.520. The first-order chi connectivity index (χ1) is 4.39. The Morgan fingerprint density at radius 1 is 1.22 bits per heavy atom. The molecule has 0 aromatic rings. The Morgan fingerprint density at radius 3 is 3.00 bits per heavy atom. The van der Waals surface area contributed by atoms with Crippen LogP contribution in [-0.4, -0.2) is 0 Å². The molecule has 1 aliphatic rings. The number of rotatable bonds is 0. The van der Waals surface area contributed by atoms with Crippen LogP contribution in [0.5, 0.6) is 0 Å². The number of hydrogen-bond acceptors (Lipinski definition) is 0. The fourth-order valence-corrected chi connectivity index (χ4v) is 1.12. The summed E-state index contributed by atoms with van der Waals surface area (Å²) in [5.74, 6) is 0. The molecule has 0 atom stereocenters. The molecule has 1 rings (SSSR count). The second kappa shape index (κ2) is 3.49. The van der Waals surface area contributed by atoms with Gasteiger partial charge in [0, 0.05) is 0 Å². The molecule has 0 fully saturated rings. The molecule has 0 heteroatoms. The molecular formula is C9H14. The summed E-state index contributed by atoms with van der Waals surface area (Å²) >= 11 is 0. The van der Waals surface area contributed by atoms with Gasteiger partial charge in [0.05, 0.1) is 0 Å². The molecule has 0 aromatic carbocycles. The van der Waals surface area contributed by atoms with E-state index in [1.807, 2.05) is 0 Å². The molecule has 0 bridgehead atoms. The van der Waals surface area contributed by atoms with E-state index in [4.69, 9.17) is 0 Å². The van der Waals surface area contributed by atoms with Crippen molar-refractivity contribution in [3.05, 3.63) is 24.3 Å². The predicted octanol–water partition coefficient (Wildman–Crippen LogP) is 3.06. The summed E-state index contributed by atoms with van der Waals surface area (Å²) in [6.45, 7) is 3.93. The van der Waals surface area contributed by atoms with Crippen molar-refractivity contribution in [1.82, 2.24) is 0 Å². The lowest BCUT2D eigenvalue weighted by atomic mass is 10.0. The summed E-state index contributed by atoms with van der Waals surface area (Å²) < 4.78 is 0. The summed E-state index contributed by atoms with van der Waals surface area (Å²) in [5.41, 5.74) is 1.30. The van der Waals surface area contributed by atoms with Crippen molar-refractivity contribution in [3.63, 3.8) is 0 Å². The fraction of sp³-hybridized carbons (Fsp3) is 0.556. The van der Waals surface area contributed by atoms with E-state index >= 15 is 0 Å². The lowest BCUT2D eigenvalue weighted by Gasteiger charge is -2.03. The van der Waals surface area contributed by atoms with Crippen molar-refractivity contribution >= 4 is 0 Å². The molecular weight excluding hydrogens is 108 g/mol. The maximum absolute atomic E-state index is 3.93. The van der Waals surface area contributed by atoms with Crippen LogP contribution in [0.3, 0.4) is 0 Å². The Morgan fingerprint density at radius 2 is 2.11 bits per heavy atom. The monoisotopic (exact) mass is 122 g/mol. The lowest BCUT2D eigenvalue weighted by Crippen LogP contribution is -1.83. The molecule has 0 spiro atoms. The molecule has 0 N–H and O–H groups in total. The quantitative estimate of drug-likeness (QED) is 0.463. The average molecular weight is 122 g/mol. The molecule has 0 saturated heterocycles. The third-order valence-electron chi connectivity index (χ3n) is 1.72. The third-order valence-corrected chi connectivity index (χ3v) is 1.72. The third kappa shape index (κ3) is 2.50. The number of allylic oxidation sites excluding steroid dienone is 3. The van der Waals surface area contributed by atoms with Crippen LogP contribution in [0.15, 0.2) is 24.3 Å². The van der Waals surface area contributed by atoms with Gasteiger partial charge in [0.2, 0.25) is 0 Å². The van der Waals surface area contributed by atoms with Crippen LogP contribution in [0, 0.1) is 0 Å². The van der Waals surface area contributed by atoms with Crippen LogP contribution in [0.25, 0.3) is 0 Å². The van der Waals surface area contributed by atoms with E-state index in [1.165, 1.54) is 37.7 Å². The minimum Gasteiger partial charge on any atom is -0.0958 e. The minimum absolute atomic E-state index is 1.20. The second-order valence-corrected chi connectivity index (χ2v) is 2.66. The highest BCUT2D eigenvalue weighted by Gasteiger charge is 1.93. The lowest BCUT2D eigenvalue weighted by molar-refractivity contribution is 0.679. The molecule has 0 unspecified atom stereocenters. The van der Waals surface area contributed by atoms with Gasteiger partial charge in [-0.3, -0.25) is 0 Å². The van der Waals surface area contributed by atoms with Crippen molar-refractivity contribution in [1.29, 1.82) is 0 Å². The van der Waals surface area contributed by atoms with Crippen molar-refractivity contribution in [3.8, 4) is 0 Å². The van der Waals surface area contributed by atoms with E-state index in [2.05, 4.69) is 18.7 Å². The van der Waals surface area contributed by atoms with Crippen molar-refractivity contribution < 1.29 is 0 Å². The van der Waals surface area contributed by atoms with E-state index < -0.39 is 0 Å². The Balaban J connectivity index is 2.39. The zero-order valence-electron chi connectivity index (χ0n) is 5.90. The molecule has 0 aliphatic heterocycles. The van der Waals surface area contributed by atoms with Gasteiger partial charge in [0.15, 0.2) is 0 Å². The second-order valence-electron chi connectivity index (χ2n) is 2.66. The van der Waals surface area contributed by atoms with Gasteiger partial charge in [-0.15, -0.1) is 0 Å². The molecule has 0 saturated carbocycles. The van der Waals surface area contributed by atoms with Gasteiger partial charge < -0.3 is 0 Å². The fourth-order valence-electron chi connectivity index (χ4n) is 1.12. The molecule has 0 nitrogen and oxygen atoms in total. The van der Waals surface area contributed by atoms with Gasteiger partial charge in [0.1, 0.15) is 0 Å². The molecule has 0 radical (unpaired) electrons. The smallest absolute Gasteiger partial charge is 0.0285 e. The van der Waals surface area contributed by atoms with Crippen LogP contribution >= 0.6 is 0 Å². The van der Waals surface area contributed by atoms with Crippen LogP contribution in [-0.2, 0) is 0 Å². The predicted molar refractivity (Wildman–Crippen MR) is 41.4 cm³/mol. The maximum atomic E-state index is 3.93. The molecule has 0 heterocycles. The zero-order chi connectivity index (χ0) is 6.53. The topological polar surface area (TPSA) is 0 Å². The highest BCUT2D eigenvalue weighted by Crippen LogP contribution is 2.13. The standard InChI is InChI=1S/C9H14/c1-9-7-5-3-2-4-6-8-9/h5,7H,1-4,6,8H2/b7-5-. The van der Waals surface area contributed by atoms with Crippen LogP contribution in [0.4, 0.5) is 0 Å². The van der Waals surface area contributed by atoms with Crippen molar-refractivity contribution in [2.24, 2.45) is 0 Å². The van der Waals surface area contributed by atoms with E-state index in [0.717, 1.165) is 0 Å². The SMILES string of the molecule is C=C1/C=C\CCCCC1. The van der Waals surface area contributed by atoms with E-state index in [9.17, 15) is 0 Å². The largest absolute Gasteiger partial charge is 0.0958 e. The Kier molecular flexibility index (Phi) is 2.56. The maximum Gasteiger partial charge on any atom is -0.0285 e. The summed E-state index contributed by atoms with van der Waals surface area (Å²) in [6.07, 6.45) is 10.9. The van der Waals surface area contributed by atoms with Gasteiger partial charge in [0.25, 0.3) is 0 Å². The summed E-state index contributed by atoms with van der Waals surface area (Å²) in [5, 5.41) is 0. The molecule has 0 amide bonds. The van der Waals surface area contributed by atoms with E-state index in [-0.39, 0.29) is 0 Å². The summed E-state index contributed by atoms with van der Waals surface area (Å²) in [6, 6.07) is 0. The van der Waals surface area contributed by atoms with Crippen molar-refractivity contribution in [2.45, 2.75) is 32.1 Å². The first-order valence-electron chi connectivity index (χ1n) is 3.74. The summed E-state index contributed by atoms with van der Waals surface area (Å²) in [4.78, 5) is 0. The Labute approximate surface area is 57.3 Å². The van der Waals surface area contributed by atoms with E-state index in [0.29, 0.717) is 0 Å². The zero-order valence-corrected chi connectivity index (χ0v) is 5.90. The molecule has 50 valence electrons. The highest BCUT2D eigenvalue weighted by molar-refractivity contribution is 5.14. The van der Waals surface area contributed by atoms with Gasteiger partial charge in [-0.05, 0) is 25.7 Å². The first-order valence-corrected chi connectivity index (χ1v) is 3.74. The summed E-state index contributed by atoms with van der Waals surface area (Å²) in [7, 11) is 0. The van der Waals surface area contributed by atoms with Gasteiger partial charge in [-0.2, -0.15) is 0 Å². The van der Waals surface area contributed by atoms with E-state index in [1.54, 1.807) is 0 Å². The first kappa shape index (κ1) is 6.60. The van der Waals surface area contributed by atoms with Crippen LogP contribution in [0.2, 0.25) is 0 Å². The highest BCUT2D eigenvalue weighted by atomic mass is 14.0. The minimum atomic E-state index is 1.20. The number of hydrogen-bond donors (Lipinski definition) is 0. The van der Waals surface area contributed by atoms with Gasteiger partial charge in [-0.1, -0.05) is 30.7 Å². The van der Waals surface area contributed by atoms with Crippen LogP contribution in [0.1, 0.15) is 32.1 Å². The molecule has 9 heavy (non-hydrogen) atoms. The van der Waals surface area contributed by atoms with Crippen molar-refractivity contribution in [2.75, 3.05) is 0 Å². The average Bonchev–Trinajstić information content (AvgIpc) is 1.79. The van der Waals surface area contributed by atoms with Gasteiger partial charge >= 0.3 is 0 Å². The molecule has 1 aliphatic carbocycles. The molecule has 0 aromatic heterocycles. The van der Waals surface area contributed by atoms with Gasteiger partial charge in [-0.25, -0.2) is 0 Å². The van der Waals surface area contributed by atoms with Crippen LogP contribution < -0.4 is 0 Å². The Bertz CT molecular complexity index is 120. The normalized spacial score (nSPS) is 24.7.